The Labute approximate surface area is 83.3 Å². The van der Waals surface area contributed by atoms with Gasteiger partial charge in [0, 0.05) is 10.8 Å². The third-order valence-corrected chi connectivity index (χ3v) is 5.93. The van der Waals surface area contributed by atoms with Crippen molar-refractivity contribution < 1.29 is 9.47 Å². The van der Waals surface area contributed by atoms with Crippen LogP contribution in [0.2, 0.25) is 0 Å². The number of rotatable bonds is 0. The van der Waals surface area contributed by atoms with Crippen molar-refractivity contribution in [3.8, 4) is 0 Å². The highest BCUT2D eigenvalue weighted by Crippen LogP contribution is 2.88. The van der Waals surface area contributed by atoms with Gasteiger partial charge in [-0.25, -0.2) is 0 Å². The predicted octanol–water partition coefficient (Wildman–Crippen LogP) is 1.08. The van der Waals surface area contributed by atoms with Crippen LogP contribution in [-0.2, 0) is 9.47 Å². The van der Waals surface area contributed by atoms with E-state index in [0.29, 0.717) is 10.8 Å². The molecule has 0 aromatic rings. The molecule has 5 aliphatic rings. The van der Waals surface area contributed by atoms with Gasteiger partial charge in [-0.3, -0.25) is 0 Å². The van der Waals surface area contributed by atoms with Gasteiger partial charge in [-0.1, -0.05) is 12.2 Å². The second kappa shape index (κ2) is 1.72. The van der Waals surface area contributed by atoms with Crippen LogP contribution in [0, 0.1) is 34.5 Å². The summed E-state index contributed by atoms with van der Waals surface area (Å²) in [4.78, 5) is 0. The van der Waals surface area contributed by atoms with E-state index in [1.54, 1.807) is 0 Å². The lowest BCUT2D eigenvalue weighted by Gasteiger charge is -2.24. The molecule has 2 saturated heterocycles. The molecule has 6 unspecified atom stereocenters. The molecule has 2 aliphatic heterocycles. The quantitative estimate of drug-likeness (QED) is 0.532. The third-order valence-electron chi connectivity index (χ3n) is 5.93. The molecule has 0 amide bonds. The summed E-state index contributed by atoms with van der Waals surface area (Å²) >= 11 is 0. The zero-order chi connectivity index (χ0) is 8.97. The van der Waals surface area contributed by atoms with Crippen LogP contribution < -0.4 is 0 Å². The lowest BCUT2D eigenvalue weighted by molar-refractivity contribution is 0.0775. The minimum Gasteiger partial charge on any atom is -0.381 e. The van der Waals surface area contributed by atoms with E-state index in [2.05, 4.69) is 12.2 Å². The summed E-state index contributed by atoms with van der Waals surface area (Å²) in [5.74, 6) is 3.29. The van der Waals surface area contributed by atoms with E-state index in [1.165, 1.54) is 0 Å². The molecular weight excluding hydrogens is 176 g/mol. The second-order valence-electron chi connectivity index (χ2n) is 5.77. The van der Waals surface area contributed by atoms with E-state index in [9.17, 15) is 0 Å². The Morgan fingerprint density at radius 1 is 1.00 bits per heavy atom. The van der Waals surface area contributed by atoms with Crippen LogP contribution in [-0.4, -0.2) is 26.4 Å². The Balaban J connectivity index is 1.77. The number of allylic oxidation sites excluding steroid dienone is 2. The van der Waals surface area contributed by atoms with Crippen molar-refractivity contribution in [2.75, 3.05) is 26.4 Å². The Morgan fingerprint density at radius 3 is 2.93 bits per heavy atom. The molecule has 14 heavy (non-hydrogen) atoms. The molecule has 0 radical (unpaired) electrons. The first-order valence-corrected chi connectivity index (χ1v) is 5.75. The van der Waals surface area contributed by atoms with Crippen molar-refractivity contribution >= 4 is 0 Å². The summed E-state index contributed by atoms with van der Waals surface area (Å²) in [6.45, 7) is 4.06. The van der Waals surface area contributed by atoms with Crippen LogP contribution in [0.15, 0.2) is 12.2 Å². The van der Waals surface area contributed by atoms with E-state index in [1.807, 2.05) is 0 Å². The molecule has 3 aliphatic carbocycles. The first-order valence-electron chi connectivity index (χ1n) is 5.75. The molecule has 1 spiro atoms. The van der Waals surface area contributed by atoms with Crippen molar-refractivity contribution in [3.63, 3.8) is 0 Å². The maximum atomic E-state index is 5.75. The van der Waals surface area contributed by atoms with Crippen molar-refractivity contribution in [2.45, 2.75) is 0 Å². The van der Waals surface area contributed by atoms with Crippen molar-refractivity contribution in [3.05, 3.63) is 12.2 Å². The molecule has 6 atom stereocenters. The zero-order valence-electron chi connectivity index (χ0n) is 8.11. The van der Waals surface area contributed by atoms with Crippen LogP contribution >= 0.6 is 0 Å². The van der Waals surface area contributed by atoms with E-state index in [0.717, 1.165) is 50.1 Å². The highest BCUT2D eigenvalue weighted by Gasteiger charge is 2.90. The fraction of sp³-hybridized carbons (Fsp3) is 0.833. The van der Waals surface area contributed by atoms with Gasteiger partial charge in [-0.2, -0.15) is 0 Å². The average molecular weight is 190 g/mol. The van der Waals surface area contributed by atoms with Gasteiger partial charge in [0.15, 0.2) is 0 Å². The van der Waals surface area contributed by atoms with E-state index >= 15 is 0 Å². The Bertz CT molecular complexity index is 363. The van der Waals surface area contributed by atoms with Gasteiger partial charge in [0.25, 0.3) is 0 Å². The van der Waals surface area contributed by atoms with E-state index in [4.69, 9.17) is 9.47 Å². The lowest BCUT2D eigenvalue weighted by atomic mass is 9.82. The molecule has 2 nitrogen and oxygen atoms in total. The Morgan fingerprint density at radius 2 is 1.93 bits per heavy atom. The Kier molecular flexibility index (Phi) is 0.861. The van der Waals surface area contributed by atoms with Crippen molar-refractivity contribution in [2.24, 2.45) is 34.5 Å². The summed E-state index contributed by atoms with van der Waals surface area (Å²) in [5.41, 5.74) is 1.10. The van der Waals surface area contributed by atoms with Gasteiger partial charge in [-0.05, 0) is 23.7 Å². The summed E-state index contributed by atoms with van der Waals surface area (Å²) in [6, 6.07) is 0. The van der Waals surface area contributed by atoms with Crippen LogP contribution in [0.3, 0.4) is 0 Å². The van der Waals surface area contributed by atoms with Crippen molar-refractivity contribution in [1.29, 1.82) is 0 Å². The molecule has 2 saturated carbocycles. The number of fused-ring (bicyclic) bond motifs is 2. The number of hydrogen-bond donors (Lipinski definition) is 0. The SMILES string of the molecule is C1=CC2C34COCC23C2COCC2C14. The molecule has 2 heteroatoms. The lowest BCUT2D eigenvalue weighted by Crippen LogP contribution is -2.27. The highest BCUT2D eigenvalue weighted by atomic mass is 16.5. The number of hydrogen-bond acceptors (Lipinski definition) is 2. The standard InChI is InChI=1S/C12H14O2/c1-2-10-11-5-14-6-12(10,11)9-4-13-3-7(9)8(1)11/h1-2,7-10H,3-6H2. The smallest absolute Gasteiger partial charge is 0.0540 e. The molecule has 0 N–H and O–H groups in total. The summed E-state index contributed by atoms with van der Waals surface area (Å²) in [6.07, 6.45) is 4.96. The predicted molar refractivity (Wildman–Crippen MR) is 49.6 cm³/mol. The summed E-state index contributed by atoms with van der Waals surface area (Å²) < 4.78 is 11.4. The average Bonchev–Trinajstić information content (AvgIpc) is 2.70. The Hall–Kier alpha value is -0.340. The minimum absolute atomic E-state index is 0.535. The largest absolute Gasteiger partial charge is 0.381 e. The summed E-state index contributed by atoms with van der Waals surface area (Å²) in [5, 5.41) is 0. The van der Waals surface area contributed by atoms with Gasteiger partial charge in [0.2, 0.25) is 0 Å². The third kappa shape index (κ3) is 0.399. The van der Waals surface area contributed by atoms with Gasteiger partial charge in [-0.15, -0.1) is 0 Å². The van der Waals surface area contributed by atoms with Gasteiger partial charge >= 0.3 is 0 Å². The topological polar surface area (TPSA) is 18.5 Å². The maximum absolute atomic E-state index is 5.75. The van der Waals surface area contributed by atoms with Gasteiger partial charge < -0.3 is 9.47 Å². The fourth-order valence-corrected chi connectivity index (χ4v) is 5.55. The number of ether oxygens (including phenoxy) is 2. The van der Waals surface area contributed by atoms with Crippen LogP contribution in [0.4, 0.5) is 0 Å². The highest BCUT2D eigenvalue weighted by molar-refractivity contribution is 5.44. The fourth-order valence-electron chi connectivity index (χ4n) is 5.55. The molecule has 0 bridgehead atoms. The van der Waals surface area contributed by atoms with Crippen LogP contribution in [0.5, 0.6) is 0 Å². The normalized spacial score (nSPS) is 70.9. The minimum atomic E-state index is 0.535. The van der Waals surface area contributed by atoms with Gasteiger partial charge in [0.05, 0.1) is 26.4 Å². The molecule has 0 aromatic heterocycles. The van der Waals surface area contributed by atoms with E-state index in [-0.39, 0.29) is 0 Å². The van der Waals surface area contributed by atoms with Crippen LogP contribution in [0.1, 0.15) is 0 Å². The molecule has 2 heterocycles. The van der Waals surface area contributed by atoms with Crippen molar-refractivity contribution in [1.82, 2.24) is 0 Å². The zero-order valence-corrected chi connectivity index (χ0v) is 8.11. The maximum Gasteiger partial charge on any atom is 0.0540 e. The van der Waals surface area contributed by atoms with Gasteiger partial charge in [0.1, 0.15) is 0 Å². The monoisotopic (exact) mass is 190 g/mol. The van der Waals surface area contributed by atoms with Crippen LogP contribution in [0.25, 0.3) is 0 Å². The van der Waals surface area contributed by atoms with E-state index < -0.39 is 0 Å². The molecule has 5 rings (SSSR count). The second-order valence-corrected chi connectivity index (χ2v) is 5.77. The molecule has 0 aromatic carbocycles. The summed E-state index contributed by atoms with van der Waals surface area (Å²) in [7, 11) is 0. The first kappa shape index (κ1) is 7.02. The molecular formula is C12H14O2. The molecule has 74 valence electrons. The first-order chi connectivity index (χ1) is 6.91. The molecule has 4 fully saturated rings.